The van der Waals surface area contributed by atoms with Crippen molar-refractivity contribution in [1.82, 2.24) is 20.7 Å². The molecule has 0 saturated carbocycles. The number of halogens is 2. The number of nitrogens with zero attached hydrogens (tertiary/aromatic N) is 1. The van der Waals surface area contributed by atoms with Crippen molar-refractivity contribution in [3.05, 3.63) is 70.6 Å². The van der Waals surface area contributed by atoms with Crippen molar-refractivity contribution < 1.29 is 18.8 Å². The Kier molecular flexibility index (Phi) is 5.88. The van der Waals surface area contributed by atoms with Crippen LogP contribution in [-0.2, 0) is 22.4 Å². The van der Waals surface area contributed by atoms with Crippen LogP contribution in [0.25, 0.3) is 10.9 Å². The summed E-state index contributed by atoms with van der Waals surface area (Å²) < 4.78 is 13.5. The standard InChI is InChI=1S/C23H22ClFN4O3/c1-23(11-10-14-2-5-16(24)6-3-14)21(31)29(22(32)27-23)28-20(30)9-4-15-13-26-19-8-7-17(25)12-18(15)19/h2-3,5-8,12-13,26H,4,9-11H2,1H3,(H,27,32)(H,28,30). The number of fused-ring (bicyclic) bond motifs is 1. The summed E-state index contributed by atoms with van der Waals surface area (Å²) in [5.74, 6) is -1.36. The first-order valence-electron chi connectivity index (χ1n) is 10.2. The number of nitrogens with one attached hydrogen (secondary N) is 3. The lowest BCUT2D eigenvalue weighted by atomic mass is 9.93. The lowest BCUT2D eigenvalue weighted by Gasteiger charge is -2.21. The van der Waals surface area contributed by atoms with E-state index in [1.165, 1.54) is 12.1 Å². The summed E-state index contributed by atoms with van der Waals surface area (Å²) in [6.45, 7) is 1.63. The minimum absolute atomic E-state index is 0.0298. The number of aromatic nitrogens is 1. The fourth-order valence-electron chi connectivity index (χ4n) is 3.79. The number of urea groups is 1. The summed E-state index contributed by atoms with van der Waals surface area (Å²) in [5, 5.41) is 4.72. The van der Waals surface area contributed by atoms with Gasteiger partial charge in [0.05, 0.1) is 0 Å². The van der Waals surface area contributed by atoms with Gasteiger partial charge in [-0.2, -0.15) is 5.01 Å². The highest BCUT2D eigenvalue weighted by atomic mass is 35.5. The molecular formula is C23H22ClFN4O3. The van der Waals surface area contributed by atoms with Crippen LogP contribution in [0.15, 0.2) is 48.7 Å². The van der Waals surface area contributed by atoms with Gasteiger partial charge in [-0.05, 0) is 67.6 Å². The predicted molar refractivity (Wildman–Crippen MR) is 118 cm³/mol. The first kappa shape index (κ1) is 21.8. The molecule has 4 amide bonds. The molecule has 1 unspecified atom stereocenters. The van der Waals surface area contributed by atoms with E-state index in [0.717, 1.165) is 21.7 Å². The van der Waals surface area contributed by atoms with E-state index in [2.05, 4.69) is 15.7 Å². The van der Waals surface area contributed by atoms with Crippen molar-refractivity contribution in [1.29, 1.82) is 0 Å². The van der Waals surface area contributed by atoms with Gasteiger partial charge in [0.25, 0.3) is 5.91 Å². The van der Waals surface area contributed by atoms with E-state index >= 15 is 0 Å². The molecule has 1 aliphatic heterocycles. The zero-order valence-electron chi connectivity index (χ0n) is 17.4. The Morgan fingerprint density at radius 3 is 2.66 bits per heavy atom. The van der Waals surface area contributed by atoms with Crippen LogP contribution in [0, 0.1) is 5.82 Å². The molecule has 0 spiro atoms. The summed E-state index contributed by atoms with van der Waals surface area (Å²) in [5.41, 5.74) is 3.80. The molecule has 4 rings (SSSR count). The molecule has 1 saturated heterocycles. The molecule has 3 N–H and O–H groups in total. The largest absolute Gasteiger partial charge is 0.361 e. The van der Waals surface area contributed by atoms with E-state index in [9.17, 15) is 18.8 Å². The number of imide groups is 1. The molecule has 2 aromatic carbocycles. The van der Waals surface area contributed by atoms with Crippen LogP contribution < -0.4 is 10.7 Å². The molecule has 1 fully saturated rings. The third-order valence-electron chi connectivity index (χ3n) is 5.68. The number of amides is 4. The second-order valence-electron chi connectivity index (χ2n) is 8.07. The monoisotopic (exact) mass is 456 g/mol. The zero-order chi connectivity index (χ0) is 22.9. The van der Waals surface area contributed by atoms with Crippen molar-refractivity contribution in [3.8, 4) is 0 Å². The molecule has 7 nitrogen and oxygen atoms in total. The van der Waals surface area contributed by atoms with Gasteiger partial charge in [-0.15, -0.1) is 0 Å². The van der Waals surface area contributed by atoms with Gasteiger partial charge in [0.1, 0.15) is 11.4 Å². The van der Waals surface area contributed by atoms with Gasteiger partial charge in [-0.25, -0.2) is 9.18 Å². The lowest BCUT2D eigenvalue weighted by Crippen LogP contribution is -2.49. The summed E-state index contributed by atoms with van der Waals surface area (Å²) in [6, 6.07) is 11.0. The highest BCUT2D eigenvalue weighted by molar-refractivity contribution is 6.30. The number of carbonyl (C=O) groups excluding carboxylic acids is 3. The highest BCUT2D eigenvalue weighted by Gasteiger charge is 2.48. The average molecular weight is 457 g/mol. The van der Waals surface area contributed by atoms with Gasteiger partial charge in [0.15, 0.2) is 0 Å². The number of benzene rings is 2. The lowest BCUT2D eigenvalue weighted by molar-refractivity contribution is -0.138. The molecule has 1 atom stereocenters. The SMILES string of the molecule is CC1(CCc2ccc(Cl)cc2)NC(=O)N(NC(=O)CCc2c[nH]c3ccc(F)cc23)C1=O. The van der Waals surface area contributed by atoms with E-state index in [-0.39, 0.29) is 12.2 Å². The van der Waals surface area contributed by atoms with Gasteiger partial charge in [0.2, 0.25) is 5.91 Å². The van der Waals surface area contributed by atoms with Gasteiger partial charge < -0.3 is 10.3 Å². The maximum atomic E-state index is 13.5. The normalized spacial score (nSPS) is 18.3. The van der Waals surface area contributed by atoms with Crippen LogP contribution >= 0.6 is 11.6 Å². The van der Waals surface area contributed by atoms with Gasteiger partial charge >= 0.3 is 6.03 Å². The Morgan fingerprint density at radius 1 is 1.16 bits per heavy atom. The molecule has 166 valence electrons. The Labute approximate surface area is 188 Å². The smallest absolute Gasteiger partial charge is 0.344 e. The van der Waals surface area contributed by atoms with Crippen molar-refractivity contribution in [2.24, 2.45) is 0 Å². The number of hydrazine groups is 1. The topological polar surface area (TPSA) is 94.3 Å². The number of hydrogen-bond acceptors (Lipinski definition) is 3. The summed E-state index contributed by atoms with van der Waals surface area (Å²) in [7, 11) is 0. The minimum atomic E-state index is -1.13. The number of H-pyrrole nitrogens is 1. The quantitative estimate of drug-likeness (QED) is 0.471. The first-order valence-corrected chi connectivity index (χ1v) is 10.6. The van der Waals surface area contributed by atoms with Crippen LogP contribution in [0.1, 0.15) is 30.9 Å². The van der Waals surface area contributed by atoms with Gasteiger partial charge in [-0.3, -0.25) is 15.0 Å². The molecule has 1 aromatic heterocycles. The molecule has 0 radical (unpaired) electrons. The average Bonchev–Trinajstić information content (AvgIpc) is 3.25. The maximum absolute atomic E-state index is 13.5. The van der Waals surface area contributed by atoms with Crippen LogP contribution in [0.5, 0.6) is 0 Å². The number of aromatic amines is 1. The van der Waals surface area contributed by atoms with E-state index in [0.29, 0.717) is 29.7 Å². The zero-order valence-corrected chi connectivity index (χ0v) is 18.1. The molecule has 32 heavy (non-hydrogen) atoms. The Hall–Kier alpha value is -3.39. The van der Waals surface area contributed by atoms with E-state index in [1.54, 1.807) is 31.3 Å². The van der Waals surface area contributed by atoms with Gasteiger partial charge in [-0.1, -0.05) is 23.7 Å². The van der Waals surface area contributed by atoms with Crippen LogP contribution in [0.3, 0.4) is 0 Å². The maximum Gasteiger partial charge on any atom is 0.344 e. The fourth-order valence-corrected chi connectivity index (χ4v) is 3.91. The Morgan fingerprint density at radius 2 is 1.91 bits per heavy atom. The molecular weight excluding hydrogens is 435 g/mol. The number of rotatable bonds is 7. The van der Waals surface area contributed by atoms with Crippen LogP contribution in [0.4, 0.5) is 9.18 Å². The van der Waals surface area contributed by atoms with Crippen molar-refractivity contribution in [2.45, 2.75) is 38.1 Å². The molecule has 1 aliphatic rings. The number of hydrogen-bond donors (Lipinski definition) is 3. The number of aryl methyl sites for hydroxylation is 2. The third kappa shape index (κ3) is 4.45. The fraction of sp³-hybridized carbons (Fsp3) is 0.261. The summed E-state index contributed by atoms with van der Waals surface area (Å²) in [6.07, 6.45) is 3.00. The summed E-state index contributed by atoms with van der Waals surface area (Å²) >= 11 is 5.89. The third-order valence-corrected chi connectivity index (χ3v) is 5.93. The molecule has 9 heteroatoms. The Balaban J connectivity index is 1.35. The number of carbonyl (C=O) groups is 3. The summed E-state index contributed by atoms with van der Waals surface area (Å²) in [4.78, 5) is 40.7. The van der Waals surface area contributed by atoms with Crippen LogP contribution in [0.2, 0.25) is 5.02 Å². The second-order valence-corrected chi connectivity index (χ2v) is 8.50. The van der Waals surface area contributed by atoms with Gasteiger partial charge in [0, 0.05) is 28.5 Å². The molecule has 2 heterocycles. The second kappa shape index (κ2) is 8.63. The molecule has 0 bridgehead atoms. The predicted octanol–water partition coefficient (Wildman–Crippen LogP) is 3.87. The molecule has 3 aromatic rings. The minimum Gasteiger partial charge on any atom is -0.361 e. The van der Waals surface area contributed by atoms with E-state index in [4.69, 9.17) is 11.6 Å². The van der Waals surface area contributed by atoms with Crippen molar-refractivity contribution in [3.63, 3.8) is 0 Å². The van der Waals surface area contributed by atoms with Crippen molar-refractivity contribution >= 4 is 40.3 Å². The van der Waals surface area contributed by atoms with Crippen molar-refractivity contribution in [2.75, 3.05) is 0 Å². The molecule has 0 aliphatic carbocycles. The highest BCUT2D eigenvalue weighted by Crippen LogP contribution is 2.24. The van der Waals surface area contributed by atoms with E-state index in [1.807, 2.05) is 12.1 Å². The Bertz CT molecular complexity index is 1190. The van der Waals surface area contributed by atoms with E-state index < -0.39 is 23.4 Å². The van der Waals surface area contributed by atoms with Crippen LogP contribution in [-0.4, -0.2) is 33.4 Å². The first-order chi connectivity index (χ1) is 15.2.